The van der Waals surface area contributed by atoms with Crippen molar-refractivity contribution >= 4 is 37.9 Å². The molecule has 7 nitrogen and oxygen atoms in total. The van der Waals surface area contributed by atoms with Gasteiger partial charge in [0.15, 0.2) is 0 Å². The molecular formula is C23H25N3Na2O4S2. The molecule has 170 valence electrons. The number of nitrogens with two attached hydrogens (primary N) is 1. The molecule has 1 heterocycles. The van der Waals surface area contributed by atoms with Crippen LogP contribution in [0.5, 0.6) is 0 Å². The zero-order chi connectivity index (χ0) is 22.9. The Bertz CT molecular complexity index is 1450. The van der Waals surface area contributed by atoms with E-state index in [0.29, 0.717) is 29.9 Å². The van der Waals surface area contributed by atoms with E-state index in [0.717, 1.165) is 16.7 Å². The second kappa shape index (κ2) is 11.8. The number of hydrogen-bond donors (Lipinski definition) is 3. The van der Waals surface area contributed by atoms with Crippen molar-refractivity contribution in [2.75, 3.05) is 4.72 Å². The SMILES string of the molecule is Cc1ccc(C=Cc2ccccc2S(=O)(=O)Nc2cccc3c2CNC3)c(S(N)(=O)=O)c1.[H-].[H-].[Na+].[Na+]. The maximum Gasteiger partial charge on any atom is 1.00 e. The van der Waals surface area contributed by atoms with E-state index in [4.69, 9.17) is 5.14 Å². The summed E-state index contributed by atoms with van der Waals surface area (Å²) in [5, 5.41) is 8.57. The Morgan fingerprint density at radius 1 is 0.882 bits per heavy atom. The van der Waals surface area contributed by atoms with Gasteiger partial charge in [-0.15, -0.1) is 0 Å². The van der Waals surface area contributed by atoms with Gasteiger partial charge in [0.1, 0.15) is 0 Å². The van der Waals surface area contributed by atoms with E-state index >= 15 is 0 Å². The minimum atomic E-state index is -3.93. The van der Waals surface area contributed by atoms with Gasteiger partial charge in [-0.1, -0.05) is 54.6 Å². The third-order valence-electron chi connectivity index (χ3n) is 5.26. The second-order valence-electron chi connectivity index (χ2n) is 7.61. The van der Waals surface area contributed by atoms with Gasteiger partial charge in [-0.25, -0.2) is 22.0 Å². The van der Waals surface area contributed by atoms with Crippen LogP contribution in [0, 0.1) is 6.92 Å². The smallest absolute Gasteiger partial charge is 1.00 e. The number of fused-ring (bicyclic) bond motifs is 1. The van der Waals surface area contributed by atoms with Gasteiger partial charge in [0.25, 0.3) is 10.0 Å². The maximum atomic E-state index is 13.2. The summed E-state index contributed by atoms with van der Waals surface area (Å²) < 4.78 is 53.1. The van der Waals surface area contributed by atoms with E-state index in [9.17, 15) is 16.8 Å². The van der Waals surface area contributed by atoms with Gasteiger partial charge in [-0.05, 0) is 52.9 Å². The predicted octanol–water partition coefficient (Wildman–Crippen LogP) is -2.55. The third kappa shape index (κ3) is 6.61. The Morgan fingerprint density at radius 3 is 2.26 bits per heavy atom. The number of primary sulfonamides is 1. The molecule has 0 radical (unpaired) electrons. The summed E-state index contributed by atoms with van der Waals surface area (Å²) in [7, 11) is -7.82. The molecule has 0 aromatic heterocycles. The maximum absolute atomic E-state index is 13.2. The van der Waals surface area contributed by atoms with E-state index in [2.05, 4.69) is 10.0 Å². The molecule has 0 spiro atoms. The minimum Gasteiger partial charge on any atom is -1.00 e. The van der Waals surface area contributed by atoms with Crippen LogP contribution in [-0.2, 0) is 33.1 Å². The Kier molecular flexibility index (Phi) is 10.2. The minimum absolute atomic E-state index is 0. The molecule has 0 atom stereocenters. The fraction of sp³-hybridized carbons (Fsp3) is 0.130. The monoisotopic (exact) mass is 517 g/mol. The normalized spacial score (nSPS) is 13.1. The molecule has 34 heavy (non-hydrogen) atoms. The fourth-order valence-corrected chi connectivity index (χ4v) is 5.80. The molecule has 0 saturated heterocycles. The standard InChI is InChI=1S/C23H23N3O4S2.2Na.2H/c1-16-9-10-18(23(13-16)31(24,27)28)12-11-17-5-2-3-8-22(17)32(29,30)26-21-7-4-6-19-14-25-15-20(19)21;;;;/h2-13,25-26H,14-15H2,1H3,(H2,24,27,28);;;;/q;2*+1;2*-1. The first-order valence-electron chi connectivity index (χ1n) is 9.90. The summed E-state index contributed by atoms with van der Waals surface area (Å²) in [6, 6.07) is 17.0. The van der Waals surface area contributed by atoms with Gasteiger partial charge in [-0.2, -0.15) is 0 Å². The molecule has 0 bridgehead atoms. The number of sulfonamides is 2. The van der Waals surface area contributed by atoms with E-state index in [-0.39, 0.29) is 71.8 Å². The Labute approximate surface area is 247 Å². The van der Waals surface area contributed by atoms with Crippen LogP contribution in [0.4, 0.5) is 5.69 Å². The fourth-order valence-electron chi connectivity index (χ4n) is 3.69. The molecule has 3 aromatic carbocycles. The van der Waals surface area contributed by atoms with Crippen LogP contribution in [0.1, 0.15) is 30.7 Å². The van der Waals surface area contributed by atoms with Crippen LogP contribution >= 0.6 is 0 Å². The van der Waals surface area contributed by atoms with E-state index < -0.39 is 20.0 Å². The molecule has 4 N–H and O–H groups in total. The summed E-state index contributed by atoms with van der Waals surface area (Å²) in [6.45, 7) is 3.07. The summed E-state index contributed by atoms with van der Waals surface area (Å²) in [4.78, 5) is 0.0728. The van der Waals surface area contributed by atoms with Crippen LogP contribution in [0.15, 0.2) is 70.5 Å². The first-order valence-corrected chi connectivity index (χ1v) is 12.9. The molecule has 3 aromatic rings. The van der Waals surface area contributed by atoms with Crippen molar-refractivity contribution in [2.45, 2.75) is 29.8 Å². The van der Waals surface area contributed by atoms with Gasteiger partial charge in [0.2, 0.25) is 10.0 Å². The zero-order valence-corrected chi connectivity index (χ0v) is 25.0. The average Bonchev–Trinajstić information content (AvgIpc) is 3.22. The van der Waals surface area contributed by atoms with Crippen molar-refractivity contribution in [1.29, 1.82) is 0 Å². The number of aryl methyl sites for hydroxylation is 1. The first-order chi connectivity index (χ1) is 15.1. The molecular weight excluding hydrogens is 492 g/mol. The number of hydrogen-bond acceptors (Lipinski definition) is 5. The average molecular weight is 518 g/mol. The number of nitrogens with one attached hydrogen (secondary N) is 2. The summed E-state index contributed by atoms with van der Waals surface area (Å²) in [5.74, 6) is 0. The van der Waals surface area contributed by atoms with Crippen molar-refractivity contribution in [3.05, 3.63) is 88.5 Å². The first kappa shape index (κ1) is 29.3. The van der Waals surface area contributed by atoms with Crippen molar-refractivity contribution < 1.29 is 78.8 Å². The Balaban J connectivity index is 0.00000306. The summed E-state index contributed by atoms with van der Waals surface area (Å²) in [5.41, 5.74) is 4.09. The number of rotatable bonds is 6. The van der Waals surface area contributed by atoms with Crippen LogP contribution in [0.3, 0.4) is 0 Å². The van der Waals surface area contributed by atoms with Crippen molar-refractivity contribution in [3.63, 3.8) is 0 Å². The molecule has 4 rings (SSSR count). The molecule has 0 fully saturated rings. The number of anilines is 1. The van der Waals surface area contributed by atoms with Crippen LogP contribution in [0.25, 0.3) is 12.2 Å². The van der Waals surface area contributed by atoms with Gasteiger partial charge in [0.05, 0.1) is 15.5 Å². The van der Waals surface area contributed by atoms with E-state index in [1.165, 1.54) is 12.1 Å². The second-order valence-corrected chi connectivity index (χ2v) is 10.8. The molecule has 0 amide bonds. The Hall–Kier alpha value is -0.980. The Morgan fingerprint density at radius 2 is 1.56 bits per heavy atom. The molecule has 0 saturated carbocycles. The van der Waals surface area contributed by atoms with Crippen LogP contribution in [-0.4, -0.2) is 16.8 Å². The molecule has 1 aliphatic heterocycles. The summed E-state index contributed by atoms with van der Waals surface area (Å²) >= 11 is 0. The van der Waals surface area contributed by atoms with Gasteiger partial charge < -0.3 is 8.17 Å². The largest absolute Gasteiger partial charge is 1.00 e. The van der Waals surface area contributed by atoms with Gasteiger partial charge >= 0.3 is 59.1 Å². The molecule has 1 aliphatic rings. The topological polar surface area (TPSA) is 118 Å². The van der Waals surface area contributed by atoms with E-state index in [1.54, 1.807) is 55.5 Å². The van der Waals surface area contributed by atoms with Crippen molar-refractivity contribution in [2.24, 2.45) is 5.14 Å². The predicted molar refractivity (Wildman–Crippen MR) is 128 cm³/mol. The van der Waals surface area contributed by atoms with Gasteiger partial charge in [-0.3, -0.25) is 4.72 Å². The number of benzene rings is 3. The molecule has 0 unspecified atom stereocenters. The van der Waals surface area contributed by atoms with Gasteiger partial charge in [0, 0.05) is 13.1 Å². The quantitative estimate of drug-likeness (QED) is 0.246. The molecule has 11 heteroatoms. The van der Waals surface area contributed by atoms with Crippen LogP contribution < -0.4 is 74.3 Å². The van der Waals surface area contributed by atoms with Crippen molar-refractivity contribution in [3.8, 4) is 0 Å². The van der Waals surface area contributed by atoms with Crippen molar-refractivity contribution in [1.82, 2.24) is 5.32 Å². The van der Waals surface area contributed by atoms with Crippen LogP contribution in [0.2, 0.25) is 0 Å². The third-order valence-corrected chi connectivity index (χ3v) is 7.67. The zero-order valence-electron chi connectivity index (χ0n) is 21.4. The molecule has 0 aliphatic carbocycles. The van der Waals surface area contributed by atoms with E-state index in [1.807, 2.05) is 12.1 Å². The summed E-state index contributed by atoms with van der Waals surface area (Å²) in [6.07, 6.45) is 3.13.